The van der Waals surface area contributed by atoms with Crippen molar-refractivity contribution in [2.24, 2.45) is 5.84 Å². The van der Waals surface area contributed by atoms with Crippen LogP contribution in [0.15, 0.2) is 33.5 Å². The predicted octanol–water partition coefficient (Wildman–Crippen LogP) is 2.96. The summed E-state index contributed by atoms with van der Waals surface area (Å²) in [5, 5.41) is 4.24. The number of nitrogens with two attached hydrogens (primary N) is 1. The van der Waals surface area contributed by atoms with Gasteiger partial charge < -0.3 is 0 Å². The maximum atomic E-state index is 5.71. The molecule has 1 atom stereocenters. The van der Waals surface area contributed by atoms with E-state index in [-0.39, 0.29) is 6.04 Å². The topological polar surface area (TPSA) is 68.8 Å². The number of aryl methyl sites for hydroxylation is 1. The summed E-state index contributed by atoms with van der Waals surface area (Å²) in [5.74, 6) is 6.65. The maximum absolute atomic E-state index is 5.71. The number of hydrazine groups is 1. The van der Waals surface area contributed by atoms with Crippen LogP contribution in [0, 0.1) is 0 Å². The van der Waals surface area contributed by atoms with Crippen molar-refractivity contribution < 1.29 is 0 Å². The summed E-state index contributed by atoms with van der Waals surface area (Å²) in [6.45, 7) is 2.99. The quantitative estimate of drug-likeness (QED) is 0.575. The fraction of sp³-hybridized carbons (Fsp3) is 0.385. The van der Waals surface area contributed by atoms with Gasteiger partial charge in [0.25, 0.3) is 0 Å². The molecule has 2 rings (SSSR count). The van der Waals surface area contributed by atoms with E-state index in [0.717, 1.165) is 33.3 Å². The molecule has 1 aromatic heterocycles. The zero-order valence-corrected chi connectivity index (χ0v) is 14.4. The van der Waals surface area contributed by atoms with E-state index < -0.39 is 0 Å². The van der Waals surface area contributed by atoms with E-state index in [1.165, 1.54) is 0 Å². The van der Waals surface area contributed by atoms with Crippen molar-refractivity contribution in [3.05, 3.63) is 44.9 Å². The number of nitrogens with zero attached hydrogens (tertiary/aromatic N) is 3. The maximum Gasteiger partial charge on any atom is 0.138 e. The smallest absolute Gasteiger partial charge is 0.138 e. The Labute approximate surface area is 135 Å². The zero-order chi connectivity index (χ0) is 14.5. The normalized spacial score (nSPS) is 12.6. The molecule has 0 fully saturated rings. The molecule has 0 saturated carbocycles. The highest BCUT2D eigenvalue weighted by Crippen LogP contribution is 2.28. The van der Waals surface area contributed by atoms with E-state index in [2.05, 4.69) is 54.3 Å². The molecule has 0 saturated heterocycles. The molecule has 2 aromatic rings. The Morgan fingerprint density at radius 1 is 1.40 bits per heavy atom. The number of hydrogen-bond acceptors (Lipinski definition) is 4. The van der Waals surface area contributed by atoms with Crippen molar-refractivity contribution in [1.82, 2.24) is 20.2 Å². The first-order valence-electron chi connectivity index (χ1n) is 6.43. The molecule has 108 valence electrons. The summed E-state index contributed by atoms with van der Waals surface area (Å²) < 4.78 is 3.96. The van der Waals surface area contributed by atoms with Crippen LogP contribution in [0.25, 0.3) is 0 Å². The van der Waals surface area contributed by atoms with Crippen molar-refractivity contribution in [2.45, 2.75) is 32.4 Å². The van der Waals surface area contributed by atoms with Crippen LogP contribution >= 0.6 is 31.9 Å². The number of nitrogens with one attached hydrogen (secondary N) is 1. The molecule has 0 radical (unpaired) electrons. The second-order valence-electron chi connectivity index (χ2n) is 4.49. The number of benzene rings is 1. The van der Waals surface area contributed by atoms with Crippen molar-refractivity contribution in [2.75, 3.05) is 0 Å². The van der Waals surface area contributed by atoms with Gasteiger partial charge in [-0.3, -0.25) is 16.0 Å². The van der Waals surface area contributed by atoms with Crippen molar-refractivity contribution in [1.29, 1.82) is 0 Å². The molecular formula is C13H17Br2N5. The second kappa shape index (κ2) is 7.31. The average molecular weight is 403 g/mol. The first-order valence-corrected chi connectivity index (χ1v) is 8.02. The number of hydrogen-bond donors (Lipinski definition) is 2. The van der Waals surface area contributed by atoms with E-state index in [4.69, 9.17) is 5.84 Å². The molecule has 0 aliphatic carbocycles. The lowest BCUT2D eigenvalue weighted by Gasteiger charge is -2.18. The third-order valence-corrected chi connectivity index (χ3v) is 4.24. The Balaban J connectivity index is 2.22. The standard InChI is InChI=1S/C13H17Br2N5/c1-2-5-20-13(17-8-18-20)7-12(19-16)10-4-3-9(14)6-11(10)15/h3-4,6,8,12,19H,2,5,7,16H2,1H3. The molecule has 1 heterocycles. The third-order valence-electron chi connectivity index (χ3n) is 3.06. The van der Waals surface area contributed by atoms with Gasteiger partial charge in [-0.05, 0) is 24.1 Å². The molecule has 0 aliphatic heterocycles. The van der Waals surface area contributed by atoms with Crippen molar-refractivity contribution >= 4 is 31.9 Å². The van der Waals surface area contributed by atoms with Crippen LogP contribution in [0.4, 0.5) is 0 Å². The fourth-order valence-corrected chi connectivity index (χ4v) is 3.39. The molecule has 3 N–H and O–H groups in total. The van der Waals surface area contributed by atoms with Gasteiger partial charge in [0.1, 0.15) is 12.2 Å². The Bertz CT molecular complexity index is 570. The SMILES string of the molecule is CCCn1ncnc1CC(NN)c1ccc(Br)cc1Br. The predicted molar refractivity (Wildman–Crippen MR) is 85.9 cm³/mol. The first-order chi connectivity index (χ1) is 9.65. The molecule has 20 heavy (non-hydrogen) atoms. The molecular weight excluding hydrogens is 386 g/mol. The highest BCUT2D eigenvalue weighted by molar-refractivity contribution is 9.11. The van der Waals surface area contributed by atoms with Crippen LogP contribution in [0.1, 0.15) is 30.8 Å². The van der Waals surface area contributed by atoms with Gasteiger partial charge in [0, 0.05) is 21.9 Å². The average Bonchev–Trinajstić information content (AvgIpc) is 2.84. The van der Waals surface area contributed by atoms with Crippen molar-refractivity contribution in [3.63, 3.8) is 0 Å². The van der Waals surface area contributed by atoms with Gasteiger partial charge in [-0.25, -0.2) is 4.98 Å². The molecule has 1 unspecified atom stereocenters. The van der Waals surface area contributed by atoms with E-state index in [0.29, 0.717) is 6.42 Å². The van der Waals surface area contributed by atoms with Crippen LogP contribution in [-0.2, 0) is 13.0 Å². The van der Waals surface area contributed by atoms with Crippen LogP contribution in [-0.4, -0.2) is 14.8 Å². The lowest BCUT2D eigenvalue weighted by molar-refractivity contribution is 0.498. The van der Waals surface area contributed by atoms with Crippen LogP contribution in [0.2, 0.25) is 0 Å². The lowest BCUT2D eigenvalue weighted by atomic mass is 10.0. The molecule has 0 aliphatic rings. The van der Waals surface area contributed by atoms with E-state index in [1.807, 2.05) is 22.9 Å². The molecule has 1 aromatic carbocycles. The summed E-state index contributed by atoms with van der Waals surface area (Å²) in [6.07, 6.45) is 3.31. The molecule has 0 bridgehead atoms. The van der Waals surface area contributed by atoms with Gasteiger partial charge >= 0.3 is 0 Å². The van der Waals surface area contributed by atoms with Crippen LogP contribution < -0.4 is 11.3 Å². The summed E-state index contributed by atoms with van der Waals surface area (Å²) in [7, 11) is 0. The summed E-state index contributed by atoms with van der Waals surface area (Å²) >= 11 is 7.03. The second-order valence-corrected chi connectivity index (χ2v) is 6.26. The molecule has 0 amide bonds. The van der Waals surface area contributed by atoms with Crippen molar-refractivity contribution in [3.8, 4) is 0 Å². The summed E-state index contributed by atoms with van der Waals surface area (Å²) in [4.78, 5) is 4.33. The Morgan fingerprint density at radius 3 is 2.85 bits per heavy atom. The molecule has 7 heteroatoms. The van der Waals surface area contributed by atoms with E-state index in [1.54, 1.807) is 6.33 Å². The zero-order valence-electron chi connectivity index (χ0n) is 11.2. The Kier molecular flexibility index (Phi) is 5.71. The lowest BCUT2D eigenvalue weighted by Crippen LogP contribution is -2.30. The minimum atomic E-state index is -0.0164. The largest absolute Gasteiger partial charge is 0.271 e. The highest BCUT2D eigenvalue weighted by Gasteiger charge is 2.17. The molecule has 5 nitrogen and oxygen atoms in total. The summed E-state index contributed by atoms with van der Waals surface area (Å²) in [6, 6.07) is 6.04. The highest BCUT2D eigenvalue weighted by atomic mass is 79.9. The number of halogens is 2. The Morgan fingerprint density at radius 2 is 2.20 bits per heavy atom. The van der Waals surface area contributed by atoms with E-state index in [9.17, 15) is 0 Å². The number of aromatic nitrogens is 3. The third kappa shape index (κ3) is 3.66. The van der Waals surface area contributed by atoms with Gasteiger partial charge in [-0.2, -0.15) is 5.10 Å². The van der Waals surface area contributed by atoms with E-state index >= 15 is 0 Å². The monoisotopic (exact) mass is 401 g/mol. The first kappa shape index (κ1) is 15.6. The summed E-state index contributed by atoms with van der Waals surface area (Å²) in [5.41, 5.74) is 3.96. The minimum absolute atomic E-state index is 0.0164. The van der Waals surface area contributed by atoms with Gasteiger partial charge in [0.2, 0.25) is 0 Å². The fourth-order valence-electron chi connectivity index (χ4n) is 2.07. The van der Waals surface area contributed by atoms with Crippen LogP contribution in [0.5, 0.6) is 0 Å². The van der Waals surface area contributed by atoms with Gasteiger partial charge in [0.05, 0.1) is 6.04 Å². The number of rotatable bonds is 6. The molecule has 0 spiro atoms. The Hall–Kier alpha value is -0.760. The minimum Gasteiger partial charge on any atom is -0.271 e. The van der Waals surface area contributed by atoms with Gasteiger partial charge in [-0.15, -0.1) is 0 Å². The van der Waals surface area contributed by atoms with Gasteiger partial charge in [-0.1, -0.05) is 44.8 Å². The van der Waals surface area contributed by atoms with Gasteiger partial charge in [0.15, 0.2) is 0 Å². The van der Waals surface area contributed by atoms with Crippen LogP contribution in [0.3, 0.4) is 0 Å².